The average molecular weight is 950 g/mol. The summed E-state index contributed by atoms with van der Waals surface area (Å²) in [5.74, 6) is 1.43. The van der Waals surface area contributed by atoms with Crippen molar-refractivity contribution in [2.45, 2.75) is 103 Å². The fraction of sp³-hybridized carbons (Fsp3) is 0.423. The van der Waals surface area contributed by atoms with Crippen LogP contribution in [0, 0.1) is 11.3 Å². The quantitative estimate of drug-likeness (QED) is 0.0397. The van der Waals surface area contributed by atoms with Crippen molar-refractivity contribution in [2.75, 3.05) is 46.5 Å². The van der Waals surface area contributed by atoms with Crippen molar-refractivity contribution in [3.8, 4) is 23.3 Å². The van der Waals surface area contributed by atoms with Gasteiger partial charge in [0.1, 0.15) is 47.0 Å². The van der Waals surface area contributed by atoms with Crippen LogP contribution in [0.2, 0.25) is 0 Å². The van der Waals surface area contributed by atoms with E-state index in [-0.39, 0.29) is 49.6 Å². The fourth-order valence-corrected chi connectivity index (χ4v) is 9.95. The number of nitriles is 1. The topological polar surface area (TPSA) is 165 Å². The number of carbonyl (C=O) groups is 1. The zero-order valence-corrected chi connectivity index (χ0v) is 41.5. The predicted molar refractivity (Wildman–Crippen MR) is 261 cm³/mol. The highest BCUT2D eigenvalue weighted by Gasteiger charge is 2.51. The van der Waals surface area contributed by atoms with Crippen LogP contribution in [-0.4, -0.2) is 91.7 Å². The van der Waals surface area contributed by atoms with Crippen LogP contribution in [0.15, 0.2) is 120 Å². The predicted octanol–water partition coefficient (Wildman–Crippen LogP) is 9.16. The van der Waals surface area contributed by atoms with Crippen LogP contribution in [0.4, 0.5) is 5.82 Å². The summed E-state index contributed by atoms with van der Waals surface area (Å²) >= 11 is 0. The van der Waals surface area contributed by atoms with Gasteiger partial charge in [0.2, 0.25) is 0 Å². The summed E-state index contributed by atoms with van der Waals surface area (Å²) in [6.45, 7) is 14.3. The number of hydrogen-bond donors (Lipinski definition) is 1. The molecule has 0 saturated carbocycles. The van der Waals surface area contributed by atoms with Gasteiger partial charge in [-0.25, -0.2) is 9.46 Å². The van der Waals surface area contributed by atoms with Gasteiger partial charge < -0.3 is 42.8 Å². The monoisotopic (exact) mass is 949 g/mol. The third-order valence-electron chi connectivity index (χ3n) is 11.5. The molecule has 1 fully saturated rings. The average Bonchev–Trinajstić information content (AvgIpc) is 3.67. The minimum absolute atomic E-state index is 0.0122. The molecule has 1 N–H and O–H groups in total. The first kappa shape index (κ1) is 51.7. The number of nitrogens with one attached hydrogen (secondary N) is 1. The molecule has 5 atom stereocenters. The Hall–Kier alpha value is -5.69. The van der Waals surface area contributed by atoms with E-state index in [1.54, 1.807) is 14.2 Å². The molecule has 0 radical (unpaired) electrons. The largest absolute Gasteiger partial charge is 0.497 e. The van der Waals surface area contributed by atoms with Gasteiger partial charge in [-0.05, 0) is 97.8 Å². The SMILES string of the molecule is COc1ccc(C(OC[C@H]2O[C@@H](n3ccc(NC(=O)COc4ccc(C(C)(C)C)cc4)nc3=O)[C@H](OC)[C@@H]2O[P@@](OCCC#N)N(C(C)C)C(C)C)(c2ccccc2)c2ccc(OC)cc2)cc1. The molecule has 1 saturated heterocycles. The molecule has 1 aromatic heterocycles. The number of methoxy groups -OCH3 is 3. The second-order valence-corrected chi connectivity index (χ2v) is 19.2. The number of anilines is 1. The number of ether oxygens (including phenoxy) is 6. The Morgan fingerprint density at radius 1 is 0.809 bits per heavy atom. The second-order valence-electron chi connectivity index (χ2n) is 17.8. The molecular formula is C52H64N5O10P. The van der Waals surface area contributed by atoms with Crippen molar-refractivity contribution in [1.82, 2.24) is 14.2 Å². The highest BCUT2D eigenvalue weighted by Crippen LogP contribution is 2.51. The Bertz CT molecular complexity index is 2420. The number of amides is 1. The molecule has 0 bridgehead atoms. The fourth-order valence-electron chi connectivity index (χ4n) is 8.18. The lowest BCUT2D eigenvalue weighted by molar-refractivity contribution is -0.118. The summed E-state index contributed by atoms with van der Waals surface area (Å²) in [7, 11) is 2.93. The minimum atomic E-state index is -1.83. The van der Waals surface area contributed by atoms with Crippen LogP contribution < -0.4 is 25.2 Å². The Morgan fingerprint density at radius 2 is 1.37 bits per heavy atom. The maximum atomic E-state index is 14.0. The van der Waals surface area contributed by atoms with E-state index in [1.165, 1.54) is 23.9 Å². The molecule has 0 spiro atoms. The summed E-state index contributed by atoms with van der Waals surface area (Å²) in [5.41, 5.74) is 1.63. The van der Waals surface area contributed by atoms with Gasteiger partial charge in [0, 0.05) is 25.4 Å². The number of hydrogen-bond acceptors (Lipinski definition) is 13. The molecule has 6 rings (SSSR count). The molecule has 0 aliphatic carbocycles. The lowest BCUT2D eigenvalue weighted by Gasteiger charge is -2.39. The molecule has 1 aliphatic rings. The van der Waals surface area contributed by atoms with Gasteiger partial charge in [-0.2, -0.15) is 10.2 Å². The van der Waals surface area contributed by atoms with Gasteiger partial charge >= 0.3 is 5.69 Å². The van der Waals surface area contributed by atoms with Crippen LogP contribution >= 0.6 is 8.53 Å². The Morgan fingerprint density at radius 3 is 1.88 bits per heavy atom. The molecule has 5 aromatic rings. The van der Waals surface area contributed by atoms with E-state index >= 15 is 0 Å². The van der Waals surface area contributed by atoms with Crippen molar-refractivity contribution >= 4 is 20.3 Å². The number of carbonyl (C=O) groups excluding carboxylic acids is 1. The van der Waals surface area contributed by atoms with Crippen LogP contribution in [-0.2, 0) is 39.1 Å². The van der Waals surface area contributed by atoms with Crippen LogP contribution in [0.3, 0.4) is 0 Å². The third-order valence-corrected chi connectivity index (χ3v) is 13.7. The van der Waals surface area contributed by atoms with Gasteiger partial charge in [0.15, 0.2) is 12.8 Å². The zero-order valence-electron chi connectivity index (χ0n) is 40.6. The van der Waals surface area contributed by atoms with Crippen molar-refractivity contribution in [2.24, 2.45) is 0 Å². The van der Waals surface area contributed by atoms with Crippen molar-refractivity contribution in [3.63, 3.8) is 0 Å². The van der Waals surface area contributed by atoms with Crippen molar-refractivity contribution in [3.05, 3.63) is 148 Å². The van der Waals surface area contributed by atoms with Gasteiger partial charge in [-0.15, -0.1) is 0 Å². The summed E-state index contributed by atoms with van der Waals surface area (Å²) in [6, 6.07) is 36.5. The highest BCUT2D eigenvalue weighted by molar-refractivity contribution is 7.44. The maximum Gasteiger partial charge on any atom is 0.351 e. The highest BCUT2D eigenvalue weighted by atomic mass is 31.2. The molecule has 1 amide bonds. The van der Waals surface area contributed by atoms with E-state index in [1.807, 2.05) is 103 Å². The maximum absolute atomic E-state index is 14.0. The summed E-state index contributed by atoms with van der Waals surface area (Å²) in [4.78, 5) is 31.3. The van der Waals surface area contributed by atoms with Crippen LogP contribution in [0.5, 0.6) is 17.2 Å². The van der Waals surface area contributed by atoms with Crippen LogP contribution in [0.1, 0.15) is 83.4 Å². The zero-order chi connectivity index (χ0) is 49.0. The van der Waals surface area contributed by atoms with E-state index in [4.69, 9.17) is 37.5 Å². The van der Waals surface area contributed by atoms with Crippen molar-refractivity contribution < 1.29 is 42.3 Å². The Balaban J connectivity index is 1.36. The molecule has 2 heterocycles. The van der Waals surface area contributed by atoms with E-state index in [9.17, 15) is 14.9 Å². The summed E-state index contributed by atoms with van der Waals surface area (Å²) in [6.07, 6.45) is -2.09. The minimum Gasteiger partial charge on any atom is -0.497 e. The second kappa shape index (κ2) is 23.6. The first-order valence-corrected chi connectivity index (χ1v) is 23.8. The number of nitrogens with zero attached hydrogens (tertiary/aromatic N) is 4. The van der Waals surface area contributed by atoms with E-state index in [0.717, 1.165) is 22.3 Å². The summed E-state index contributed by atoms with van der Waals surface area (Å²) < 4.78 is 54.1. The first-order valence-electron chi connectivity index (χ1n) is 22.7. The van der Waals surface area contributed by atoms with Gasteiger partial charge in [0.25, 0.3) is 14.4 Å². The normalized spacial score (nSPS) is 17.8. The molecule has 15 nitrogen and oxygen atoms in total. The van der Waals surface area contributed by atoms with Crippen LogP contribution in [0.25, 0.3) is 0 Å². The van der Waals surface area contributed by atoms with Gasteiger partial charge in [0.05, 0.1) is 39.9 Å². The van der Waals surface area contributed by atoms with E-state index < -0.39 is 50.3 Å². The van der Waals surface area contributed by atoms with E-state index in [0.29, 0.717) is 17.2 Å². The van der Waals surface area contributed by atoms with Gasteiger partial charge in [-0.3, -0.25) is 9.36 Å². The molecule has 4 aromatic carbocycles. The Kier molecular flexibility index (Phi) is 17.9. The number of rotatable bonds is 22. The van der Waals surface area contributed by atoms with Crippen molar-refractivity contribution in [1.29, 1.82) is 5.26 Å². The molecular weight excluding hydrogens is 886 g/mol. The van der Waals surface area contributed by atoms with E-state index in [2.05, 4.69) is 69.5 Å². The standard InChI is InChI=1S/C52H64N5O10P/c1-35(2)57(36(3)4)68(65-32-14-30-53)67-47-44(33-64-52(38-15-12-11-13-16-38,39-19-23-41(60-8)24-20-39)40-21-25-42(61-9)26-22-40)66-49(48(47)62-10)56-31-29-45(55-50(56)59)54-46(58)34-63-43-27-17-37(18-28-43)51(5,6)7/h11-13,15-29,31,35-36,44,47-49H,14,32-34H2,1-10H3,(H,54,55,58,59)/t44-,47-,48-,49-,68-/m1/s1. The Labute approximate surface area is 401 Å². The third kappa shape index (κ3) is 12.3. The van der Waals surface area contributed by atoms with Gasteiger partial charge in [-0.1, -0.05) is 87.5 Å². The lowest BCUT2D eigenvalue weighted by Crippen LogP contribution is -2.43. The lowest BCUT2D eigenvalue weighted by atomic mass is 9.80. The molecule has 362 valence electrons. The first-order chi connectivity index (χ1) is 32.6. The molecule has 16 heteroatoms. The molecule has 1 aliphatic heterocycles. The molecule has 68 heavy (non-hydrogen) atoms. The summed E-state index contributed by atoms with van der Waals surface area (Å²) in [5, 5.41) is 12.1. The number of benzene rings is 4. The molecule has 0 unspecified atom stereocenters. The number of aromatic nitrogens is 2. The smallest absolute Gasteiger partial charge is 0.351 e.